The number of para-hydroxylation sites is 1. The highest BCUT2D eigenvalue weighted by molar-refractivity contribution is 7.92. The molecular formula is C21H25N3O6S. The number of fused-ring (bicyclic) bond motifs is 1. The molecule has 10 heteroatoms. The van der Waals surface area contributed by atoms with Crippen LogP contribution in [0.5, 0.6) is 5.75 Å². The van der Waals surface area contributed by atoms with Crippen LogP contribution < -0.4 is 20.4 Å². The number of hydrogen-bond donors (Lipinski definition) is 3. The van der Waals surface area contributed by atoms with Crippen molar-refractivity contribution in [1.29, 1.82) is 0 Å². The lowest BCUT2D eigenvalue weighted by Crippen LogP contribution is -2.44. The number of rotatable bonds is 7. The van der Waals surface area contributed by atoms with Gasteiger partial charge in [0.15, 0.2) is 9.84 Å². The number of hydrogen-bond acceptors (Lipinski definition) is 7. The van der Waals surface area contributed by atoms with Crippen molar-refractivity contribution < 1.29 is 28.0 Å². The molecule has 0 saturated carbocycles. The van der Waals surface area contributed by atoms with Crippen LogP contribution >= 0.6 is 0 Å². The third-order valence-corrected chi connectivity index (χ3v) is 7.43. The molecule has 0 aliphatic carbocycles. The molecule has 0 fully saturated rings. The van der Waals surface area contributed by atoms with Crippen LogP contribution in [0.4, 0.5) is 5.69 Å². The van der Waals surface area contributed by atoms with Crippen LogP contribution in [0, 0.1) is 0 Å². The third kappa shape index (κ3) is 4.64. The second kappa shape index (κ2) is 9.36. The van der Waals surface area contributed by atoms with Crippen LogP contribution in [0.3, 0.4) is 0 Å². The SMILES string of the molecule is CCN1CC(CC(=O)NO)S(=O)(=O)c2ccc(C(=O)NCc3ccccc3OC)cc21. The van der Waals surface area contributed by atoms with Gasteiger partial charge in [-0.2, -0.15) is 0 Å². The number of nitrogens with zero attached hydrogens (tertiary/aromatic N) is 1. The Morgan fingerprint density at radius 1 is 1.23 bits per heavy atom. The standard InChI is InChI=1S/C21H25N3O6S/c1-3-24-13-16(11-20(25)23-27)31(28,29)19-9-8-14(10-17(19)24)21(26)22-12-15-6-4-5-7-18(15)30-2/h4-10,16,27H,3,11-13H2,1-2H3,(H,22,26)(H,23,25). The van der Waals surface area contributed by atoms with Crippen LogP contribution in [-0.2, 0) is 21.2 Å². The van der Waals surface area contributed by atoms with Crippen molar-refractivity contribution in [3.63, 3.8) is 0 Å². The van der Waals surface area contributed by atoms with Crippen molar-refractivity contribution in [1.82, 2.24) is 10.8 Å². The topological polar surface area (TPSA) is 125 Å². The molecule has 166 valence electrons. The van der Waals surface area contributed by atoms with E-state index >= 15 is 0 Å². The van der Waals surface area contributed by atoms with Crippen molar-refractivity contribution in [3.8, 4) is 5.75 Å². The Balaban J connectivity index is 1.85. The van der Waals surface area contributed by atoms with Gasteiger partial charge in [0.2, 0.25) is 5.91 Å². The molecule has 1 unspecified atom stereocenters. The Labute approximate surface area is 180 Å². The van der Waals surface area contributed by atoms with E-state index in [1.807, 2.05) is 30.0 Å². The molecule has 3 N–H and O–H groups in total. The van der Waals surface area contributed by atoms with E-state index in [1.54, 1.807) is 19.2 Å². The highest BCUT2D eigenvalue weighted by Gasteiger charge is 2.38. The number of benzene rings is 2. The number of hydroxylamine groups is 1. The van der Waals surface area contributed by atoms with E-state index in [-0.39, 0.29) is 30.3 Å². The van der Waals surface area contributed by atoms with Crippen molar-refractivity contribution in [3.05, 3.63) is 53.6 Å². The van der Waals surface area contributed by atoms with Crippen LogP contribution in [0.25, 0.3) is 0 Å². The van der Waals surface area contributed by atoms with Crippen LogP contribution in [0.1, 0.15) is 29.3 Å². The zero-order valence-corrected chi connectivity index (χ0v) is 18.1. The molecule has 1 aliphatic heterocycles. The minimum Gasteiger partial charge on any atom is -0.496 e. The molecule has 9 nitrogen and oxygen atoms in total. The minimum atomic E-state index is -3.80. The van der Waals surface area contributed by atoms with Gasteiger partial charge < -0.3 is 15.0 Å². The highest BCUT2D eigenvalue weighted by Crippen LogP contribution is 2.35. The Morgan fingerprint density at radius 3 is 2.65 bits per heavy atom. The lowest BCUT2D eigenvalue weighted by molar-refractivity contribution is -0.129. The van der Waals surface area contributed by atoms with E-state index in [0.29, 0.717) is 23.5 Å². The molecule has 1 atom stereocenters. The largest absolute Gasteiger partial charge is 0.496 e. The molecule has 1 heterocycles. The van der Waals surface area contributed by atoms with Gasteiger partial charge in [-0.05, 0) is 31.2 Å². The van der Waals surface area contributed by atoms with E-state index in [2.05, 4.69) is 5.32 Å². The maximum Gasteiger partial charge on any atom is 0.251 e. The normalized spacial score (nSPS) is 16.9. The first-order chi connectivity index (χ1) is 14.8. The molecule has 3 rings (SSSR count). The molecular weight excluding hydrogens is 422 g/mol. The summed E-state index contributed by atoms with van der Waals surface area (Å²) in [6, 6.07) is 11.7. The Morgan fingerprint density at radius 2 is 1.97 bits per heavy atom. The maximum atomic E-state index is 13.0. The monoisotopic (exact) mass is 447 g/mol. The van der Waals surface area contributed by atoms with Gasteiger partial charge in [0.1, 0.15) is 5.75 Å². The molecule has 0 spiro atoms. The summed E-state index contributed by atoms with van der Waals surface area (Å²) in [5.74, 6) is -0.446. The summed E-state index contributed by atoms with van der Waals surface area (Å²) >= 11 is 0. The van der Waals surface area contributed by atoms with Crippen LogP contribution in [0.2, 0.25) is 0 Å². The molecule has 2 aromatic carbocycles. The summed E-state index contributed by atoms with van der Waals surface area (Å²) in [4.78, 5) is 26.1. The first-order valence-electron chi connectivity index (χ1n) is 9.77. The lowest BCUT2D eigenvalue weighted by atomic mass is 10.1. The second-order valence-electron chi connectivity index (χ2n) is 7.12. The molecule has 1 aliphatic rings. The van der Waals surface area contributed by atoms with Crippen LogP contribution in [0.15, 0.2) is 47.4 Å². The maximum absolute atomic E-state index is 13.0. The fourth-order valence-corrected chi connectivity index (χ4v) is 5.46. The predicted octanol–water partition coefficient (Wildman–Crippen LogP) is 1.50. The van der Waals surface area contributed by atoms with Gasteiger partial charge in [-0.25, -0.2) is 13.9 Å². The Bertz CT molecular complexity index is 1090. The van der Waals surface area contributed by atoms with Gasteiger partial charge in [0, 0.05) is 37.2 Å². The summed E-state index contributed by atoms with van der Waals surface area (Å²) in [5.41, 5.74) is 3.05. The zero-order valence-electron chi connectivity index (χ0n) is 17.3. The number of amides is 2. The zero-order chi connectivity index (χ0) is 22.6. The summed E-state index contributed by atoms with van der Waals surface area (Å²) in [6.07, 6.45) is -0.351. The number of sulfone groups is 1. The summed E-state index contributed by atoms with van der Waals surface area (Å²) in [7, 11) is -2.24. The number of carbonyl (C=O) groups excluding carboxylic acids is 2. The van der Waals surface area contributed by atoms with Crippen LogP contribution in [-0.4, -0.2) is 50.9 Å². The van der Waals surface area contributed by atoms with E-state index in [1.165, 1.54) is 17.6 Å². The number of methoxy groups -OCH3 is 1. The highest BCUT2D eigenvalue weighted by atomic mass is 32.2. The summed E-state index contributed by atoms with van der Waals surface area (Å²) < 4.78 is 31.2. The first-order valence-corrected chi connectivity index (χ1v) is 11.3. The Hall–Kier alpha value is -3.11. The van der Waals surface area contributed by atoms with E-state index in [4.69, 9.17) is 9.94 Å². The first kappa shape index (κ1) is 22.6. The van der Waals surface area contributed by atoms with Crippen molar-refractivity contribution in [2.45, 2.75) is 30.0 Å². The molecule has 0 aromatic heterocycles. The quantitative estimate of drug-likeness (QED) is 0.434. The molecule has 0 bridgehead atoms. The fourth-order valence-electron chi connectivity index (χ4n) is 3.62. The molecule has 0 radical (unpaired) electrons. The average molecular weight is 448 g/mol. The third-order valence-electron chi connectivity index (χ3n) is 5.28. The molecule has 2 amide bonds. The number of anilines is 1. The predicted molar refractivity (Wildman–Crippen MR) is 114 cm³/mol. The number of ether oxygens (including phenoxy) is 1. The van der Waals surface area contributed by atoms with Gasteiger partial charge in [0.25, 0.3) is 5.91 Å². The smallest absolute Gasteiger partial charge is 0.251 e. The van der Waals surface area contributed by atoms with E-state index < -0.39 is 21.0 Å². The molecule has 31 heavy (non-hydrogen) atoms. The van der Waals surface area contributed by atoms with Crippen molar-refractivity contribution in [2.75, 3.05) is 25.1 Å². The second-order valence-corrected chi connectivity index (χ2v) is 9.32. The van der Waals surface area contributed by atoms with E-state index in [9.17, 15) is 18.0 Å². The van der Waals surface area contributed by atoms with Crippen molar-refractivity contribution >= 4 is 27.3 Å². The van der Waals surface area contributed by atoms with E-state index in [0.717, 1.165) is 5.56 Å². The molecule has 0 saturated heterocycles. The Kier molecular flexibility index (Phi) is 6.81. The fraction of sp³-hybridized carbons (Fsp3) is 0.333. The van der Waals surface area contributed by atoms with Gasteiger partial charge in [0.05, 0.1) is 22.9 Å². The van der Waals surface area contributed by atoms with Gasteiger partial charge in [-0.3, -0.25) is 14.8 Å². The average Bonchev–Trinajstić information content (AvgIpc) is 2.78. The lowest BCUT2D eigenvalue weighted by Gasteiger charge is -2.35. The minimum absolute atomic E-state index is 0.0672. The van der Waals surface area contributed by atoms with Gasteiger partial charge in [-0.1, -0.05) is 18.2 Å². The summed E-state index contributed by atoms with van der Waals surface area (Å²) in [6.45, 7) is 2.70. The molecule has 2 aromatic rings. The number of nitrogens with one attached hydrogen (secondary N) is 2. The number of carbonyl (C=O) groups is 2. The van der Waals surface area contributed by atoms with Gasteiger partial charge >= 0.3 is 0 Å². The summed E-state index contributed by atoms with van der Waals surface area (Å²) in [5, 5.41) is 10.6. The van der Waals surface area contributed by atoms with Crippen molar-refractivity contribution in [2.24, 2.45) is 0 Å². The van der Waals surface area contributed by atoms with Gasteiger partial charge in [-0.15, -0.1) is 0 Å².